The van der Waals surface area contributed by atoms with Crippen LogP contribution in [-0.2, 0) is 7.05 Å². The number of aliphatic hydroxyl groups is 2. The molecule has 1 saturated carbocycles. The molecule has 6 heteroatoms. The summed E-state index contributed by atoms with van der Waals surface area (Å²) in [7, 11) is 1.91. The van der Waals surface area contributed by atoms with Crippen molar-refractivity contribution in [2.24, 2.45) is 13.0 Å². The van der Waals surface area contributed by atoms with Gasteiger partial charge in [0.1, 0.15) is 5.65 Å². The first-order chi connectivity index (χ1) is 11.6. The van der Waals surface area contributed by atoms with E-state index >= 15 is 0 Å². The molecule has 0 radical (unpaired) electrons. The van der Waals surface area contributed by atoms with Gasteiger partial charge in [-0.05, 0) is 43.2 Å². The first-order valence-electron chi connectivity index (χ1n) is 8.44. The molecule has 1 fully saturated rings. The Balaban J connectivity index is 1.64. The lowest BCUT2D eigenvalue weighted by Gasteiger charge is -2.29. The first kappa shape index (κ1) is 15.4. The third-order valence-corrected chi connectivity index (χ3v) is 5.23. The van der Waals surface area contributed by atoms with E-state index in [9.17, 15) is 10.2 Å². The summed E-state index contributed by atoms with van der Waals surface area (Å²) < 4.78 is 1.80. The summed E-state index contributed by atoms with van der Waals surface area (Å²) in [6.45, 7) is 0. The van der Waals surface area contributed by atoms with E-state index in [2.05, 4.69) is 21.1 Å². The van der Waals surface area contributed by atoms with Gasteiger partial charge in [-0.25, -0.2) is 4.98 Å². The number of aliphatic hydroxyl groups excluding tert-OH is 1. The van der Waals surface area contributed by atoms with Gasteiger partial charge in [0.25, 0.3) is 0 Å². The molecule has 0 saturated heterocycles. The van der Waals surface area contributed by atoms with E-state index in [4.69, 9.17) is 0 Å². The molecule has 1 aliphatic carbocycles. The van der Waals surface area contributed by atoms with E-state index in [0.29, 0.717) is 5.92 Å². The van der Waals surface area contributed by atoms with Gasteiger partial charge < -0.3 is 15.2 Å². The van der Waals surface area contributed by atoms with Crippen LogP contribution in [0.2, 0.25) is 0 Å². The van der Waals surface area contributed by atoms with Gasteiger partial charge >= 0.3 is 0 Å². The average Bonchev–Trinajstić information content (AvgIpc) is 3.20. The van der Waals surface area contributed by atoms with Crippen LogP contribution in [0.5, 0.6) is 0 Å². The van der Waals surface area contributed by atoms with E-state index in [1.165, 1.54) is 5.56 Å². The number of aromatic nitrogens is 4. The summed E-state index contributed by atoms with van der Waals surface area (Å²) in [6, 6.07) is 2.22. The van der Waals surface area contributed by atoms with Gasteiger partial charge in [0, 0.05) is 48.1 Å². The quantitative estimate of drug-likeness (QED) is 0.646. The van der Waals surface area contributed by atoms with Crippen LogP contribution >= 0.6 is 0 Å². The van der Waals surface area contributed by atoms with Crippen molar-refractivity contribution >= 4 is 11.0 Å². The maximum atomic E-state index is 9.34. The molecule has 3 N–H and O–H groups in total. The number of pyridine rings is 1. The summed E-state index contributed by atoms with van der Waals surface area (Å²) in [6.07, 6.45) is 10.3. The fourth-order valence-corrected chi connectivity index (χ4v) is 3.79. The lowest BCUT2D eigenvalue weighted by molar-refractivity contribution is -0.0937. The van der Waals surface area contributed by atoms with Crippen molar-refractivity contribution in [1.82, 2.24) is 19.7 Å². The van der Waals surface area contributed by atoms with Crippen molar-refractivity contribution in [1.29, 1.82) is 0 Å². The Morgan fingerprint density at radius 1 is 1.21 bits per heavy atom. The number of hydrogen-bond acceptors (Lipinski definition) is 4. The van der Waals surface area contributed by atoms with E-state index in [1.54, 1.807) is 4.68 Å². The number of H-pyrrole nitrogens is 1. The third-order valence-electron chi connectivity index (χ3n) is 5.23. The van der Waals surface area contributed by atoms with Crippen molar-refractivity contribution in [2.45, 2.75) is 37.9 Å². The van der Waals surface area contributed by atoms with Gasteiger partial charge in [0.2, 0.25) is 0 Å². The second-order valence-corrected chi connectivity index (χ2v) is 6.80. The summed E-state index contributed by atoms with van der Waals surface area (Å²) in [5.74, 6) is 0.449. The number of aryl methyl sites for hydroxylation is 1. The topological polar surface area (TPSA) is 87.0 Å². The number of nitrogens with one attached hydrogen (secondary N) is 1. The van der Waals surface area contributed by atoms with Crippen molar-refractivity contribution in [2.75, 3.05) is 0 Å². The van der Waals surface area contributed by atoms with Crippen molar-refractivity contribution in [3.8, 4) is 11.1 Å². The summed E-state index contributed by atoms with van der Waals surface area (Å²) >= 11 is 0. The molecule has 24 heavy (non-hydrogen) atoms. The predicted octanol–water partition coefficient (Wildman–Crippen LogP) is 2.55. The number of aromatic amines is 1. The minimum Gasteiger partial charge on any atom is -0.368 e. The summed E-state index contributed by atoms with van der Waals surface area (Å²) in [5, 5.41) is 24.1. The molecule has 3 aromatic heterocycles. The van der Waals surface area contributed by atoms with E-state index in [1.807, 2.05) is 31.8 Å². The normalized spacial score (nSPS) is 21.7. The van der Waals surface area contributed by atoms with Gasteiger partial charge in [0.05, 0.1) is 6.20 Å². The van der Waals surface area contributed by atoms with Gasteiger partial charge in [-0.1, -0.05) is 0 Å². The molecular formula is C18H22N4O2. The highest BCUT2D eigenvalue weighted by atomic mass is 16.5. The number of rotatable bonds is 3. The van der Waals surface area contributed by atoms with Crippen LogP contribution in [-0.4, -0.2) is 36.3 Å². The van der Waals surface area contributed by atoms with Crippen LogP contribution in [0, 0.1) is 5.92 Å². The Morgan fingerprint density at radius 2 is 2.00 bits per heavy atom. The largest absolute Gasteiger partial charge is 0.368 e. The Labute approximate surface area is 140 Å². The van der Waals surface area contributed by atoms with E-state index < -0.39 is 6.29 Å². The monoisotopic (exact) mass is 326 g/mol. The highest BCUT2D eigenvalue weighted by Crippen LogP contribution is 2.38. The van der Waals surface area contributed by atoms with Crippen LogP contribution in [0.1, 0.15) is 37.2 Å². The maximum absolute atomic E-state index is 9.34. The molecule has 0 aliphatic heterocycles. The molecule has 0 amide bonds. The van der Waals surface area contributed by atoms with Gasteiger partial charge in [0.15, 0.2) is 6.29 Å². The molecule has 6 nitrogen and oxygen atoms in total. The maximum Gasteiger partial charge on any atom is 0.154 e. The molecule has 0 unspecified atom stereocenters. The van der Waals surface area contributed by atoms with E-state index in [0.717, 1.165) is 47.8 Å². The van der Waals surface area contributed by atoms with Gasteiger partial charge in [-0.2, -0.15) is 5.10 Å². The SMILES string of the molecule is Cn1cc(-c2c[nH]c3ncc([C@H]4CC[C@@H](C(O)O)CC4)cc23)cn1. The Bertz CT molecular complexity index is 844. The number of fused-ring (bicyclic) bond motifs is 1. The summed E-state index contributed by atoms with van der Waals surface area (Å²) in [5.41, 5.74) is 4.32. The standard InChI is InChI=1S/C18H22N4O2/c1-22-10-14(8-21-22)16-9-20-17-15(16)6-13(7-19-17)11-2-4-12(5-3-11)18(23)24/h6-12,18,23-24H,2-5H2,1H3,(H,19,20)/t11-,12+. The lowest BCUT2D eigenvalue weighted by Crippen LogP contribution is -2.24. The van der Waals surface area contributed by atoms with Gasteiger partial charge in [-0.15, -0.1) is 0 Å². The molecule has 0 bridgehead atoms. The third kappa shape index (κ3) is 2.72. The molecule has 126 valence electrons. The molecule has 0 aromatic carbocycles. The van der Waals surface area contributed by atoms with Crippen LogP contribution in [0.25, 0.3) is 22.2 Å². The van der Waals surface area contributed by atoms with E-state index in [-0.39, 0.29) is 5.92 Å². The fraction of sp³-hybridized carbons (Fsp3) is 0.444. The fourth-order valence-electron chi connectivity index (χ4n) is 3.79. The average molecular weight is 326 g/mol. The molecule has 0 spiro atoms. The Kier molecular flexibility index (Phi) is 3.86. The summed E-state index contributed by atoms with van der Waals surface area (Å²) in [4.78, 5) is 7.82. The van der Waals surface area contributed by atoms with Crippen LogP contribution in [0.15, 0.2) is 30.9 Å². The van der Waals surface area contributed by atoms with Crippen molar-refractivity contribution in [3.63, 3.8) is 0 Å². The minimum absolute atomic E-state index is 0.0103. The Morgan fingerprint density at radius 3 is 2.67 bits per heavy atom. The van der Waals surface area contributed by atoms with Gasteiger partial charge in [-0.3, -0.25) is 4.68 Å². The zero-order valence-corrected chi connectivity index (χ0v) is 13.7. The van der Waals surface area contributed by atoms with Crippen LogP contribution in [0.4, 0.5) is 0 Å². The Hall–Kier alpha value is -2.18. The number of hydrogen-bond donors (Lipinski definition) is 3. The second-order valence-electron chi connectivity index (χ2n) is 6.80. The molecular weight excluding hydrogens is 304 g/mol. The molecule has 4 rings (SSSR count). The van der Waals surface area contributed by atoms with Crippen molar-refractivity contribution in [3.05, 3.63) is 36.4 Å². The smallest absolute Gasteiger partial charge is 0.154 e. The highest BCUT2D eigenvalue weighted by molar-refractivity contribution is 5.93. The van der Waals surface area contributed by atoms with Crippen LogP contribution in [0.3, 0.4) is 0 Å². The molecule has 3 aromatic rings. The first-order valence-corrected chi connectivity index (χ1v) is 8.44. The molecule has 3 heterocycles. The lowest BCUT2D eigenvalue weighted by atomic mass is 9.78. The number of nitrogens with zero attached hydrogens (tertiary/aromatic N) is 3. The molecule has 0 atom stereocenters. The zero-order valence-electron chi connectivity index (χ0n) is 13.7. The zero-order chi connectivity index (χ0) is 16.7. The predicted molar refractivity (Wildman–Crippen MR) is 91.2 cm³/mol. The minimum atomic E-state index is -1.19. The second kappa shape index (κ2) is 6.03. The molecule has 1 aliphatic rings. The highest BCUT2D eigenvalue weighted by Gasteiger charge is 2.26. The van der Waals surface area contributed by atoms with Crippen molar-refractivity contribution < 1.29 is 10.2 Å². The van der Waals surface area contributed by atoms with Crippen LogP contribution < -0.4 is 0 Å².